The smallest absolute Gasteiger partial charge is 0.282 e. The number of hydrogen-bond donors (Lipinski definition) is 0. The van der Waals surface area contributed by atoms with E-state index >= 15 is 0 Å². The van der Waals surface area contributed by atoms with Crippen molar-refractivity contribution in [2.24, 2.45) is 0 Å². The molecular weight excluding hydrogens is 265 g/mol. The third-order valence-corrected chi connectivity index (χ3v) is 9.45. The number of hydrogen-bond acceptors (Lipinski definition) is 4. The molecule has 16 heavy (non-hydrogen) atoms. The molecule has 0 N–H and O–H groups in total. The molecular formula is C9H21O4P3. The fourth-order valence-corrected chi connectivity index (χ4v) is 8.74. The van der Waals surface area contributed by atoms with Gasteiger partial charge < -0.3 is 0 Å². The molecule has 2 unspecified atom stereocenters. The summed E-state index contributed by atoms with van der Waals surface area (Å²) in [6.45, 7) is 6.15. The van der Waals surface area contributed by atoms with Crippen molar-refractivity contribution < 1.29 is 17.5 Å². The van der Waals surface area contributed by atoms with Crippen molar-refractivity contribution >= 4 is 24.3 Å². The highest BCUT2D eigenvalue weighted by atomic mass is 31.3. The fraction of sp³-hybridized carbons (Fsp3) is 1.00. The van der Waals surface area contributed by atoms with Gasteiger partial charge in [-0.05, 0) is 19.3 Å². The van der Waals surface area contributed by atoms with Gasteiger partial charge >= 0.3 is 7.60 Å². The molecule has 2 atom stereocenters. The highest BCUT2D eigenvalue weighted by molar-refractivity contribution is 7.76. The van der Waals surface area contributed by atoms with Crippen LogP contribution >= 0.6 is 24.3 Å². The Bertz CT molecular complexity index is 231. The molecule has 0 radical (unpaired) electrons. The molecule has 0 amide bonds. The molecule has 7 heteroatoms. The highest BCUT2D eigenvalue weighted by Crippen LogP contribution is 2.75. The van der Waals surface area contributed by atoms with E-state index < -0.39 is 24.3 Å². The second-order valence-electron chi connectivity index (χ2n) is 3.69. The Kier molecular flexibility index (Phi) is 6.96. The summed E-state index contributed by atoms with van der Waals surface area (Å²) in [5.41, 5.74) is 0. The predicted molar refractivity (Wildman–Crippen MR) is 70.2 cm³/mol. The lowest BCUT2D eigenvalue weighted by Gasteiger charge is -2.33. The molecule has 0 saturated carbocycles. The molecule has 1 heterocycles. The van der Waals surface area contributed by atoms with Gasteiger partial charge in [-0.1, -0.05) is 20.8 Å². The van der Waals surface area contributed by atoms with Crippen molar-refractivity contribution in [3.8, 4) is 0 Å². The van der Waals surface area contributed by atoms with E-state index in [0.717, 1.165) is 31.6 Å². The molecule has 96 valence electrons. The van der Waals surface area contributed by atoms with E-state index in [1.807, 2.05) is 6.92 Å². The summed E-state index contributed by atoms with van der Waals surface area (Å²) in [6, 6.07) is 0. The lowest BCUT2D eigenvalue weighted by Crippen LogP contribution is -2.05. The largest absolute Gasteiger partial charge is 0.340 e. The van der Waals surface area contributed by atoms with Crippen molar-refractivity contribution in [3.63, 3.8) is 0 Å². The molecule has 4 nitrogen and oxygen atoms in total. The Morgan fingerprint density at radius 3 is 1.81 bits per heavy atom. The molecule has 0 bridgehead atoms. The lowest BCUT2D eigenvalue weighted by atomic mass is 10.6. The molecule has 1 aliphatic rings. The molecule has 1 rings (SSSR count). The van der Waals surface area contributed by atoms with Crippen molar-refractivity contribution in [1.29, 1.82) is 0 Å². The van der Waals surface area contributed by atoms with E-state index in [1.165, 1.54) is 0 Å². The third-order valence-electron chi connectivity index (χ3n) is 1.92. The van der Waals surface area contributed by atoms with E-state index in [0.29, 0.717) is 6.16 Å². The highest BCUT2D eigenvalue weighted by Gasteiger charge is 2.39. The Labute approximate surface area is 101 Å². The summed E-state index contributed by atoms with van der Waals surface area (Å²) < 4.78 is 29.1. The standard InChI is InChI=1S/C9H21O4P3/c1-4-7-14-11-15(8-5-2)13-16(10,12-14)9-6-3/h4-9H2,1-3H3. The van der Waals surface area contributed by atoms with Crippen LogP contribution in [0.15, 0.2) is 0 Å². The van der Waals surface area contributed by atoms with E-state index in [-0.39, 0.29) is 0 Å². The molecule has 1 fully saturated rings. The van der Waals surface area contributed by atoms with Crippen molar-refractivity contribution in [2.45, 2.75) is 40.0 Å². The first-order chi connectivity index (χ1) is 7.63. The average Bonchev–Trinajstić information content (AvgIpc) is 2.17. The van der Waals surface area contributed by atoms with Crippen LogP contribution in [0, 0.1) is 0 Å². The van der Waals surface area contributed by atoms with Crippen LogP contribution in [0.25, 0.3) is 0 Å². The minimum Gasteiger partial charge on any atom is -0.282 e. The first-order valence-corrected chi connectivity index (χ1v) is 10.3. The van der Waals surface area contributed by atoms with E-state index in [9.17, 15) is 4.57 Å². The van der Waals surface area contributed by atoms with Crippen molar-refractivity contribution in [1.82, 2.24) is 0 Å². The van der Waals surface area contributed by atoms with Gasteiger partial charge in [0.15, 0.2) is 16.8 Å². The Morgan fingerprint density at radius 1 is 0.938 bits per heavy atom. The normalized spacial score (nSPS) is 35.2. The predicted octanol–water partition coefficient (Wildman–Crippen LogP) is 5.10. The summed E-state index contributed by atoms with van der Waals surface area (Å²) in [4.78, 5) is 0. The maximum absolute atomic E-state index is 12.3. The SMILES string of the molecule is CCCP1OP(CCC)OP(=O)(CCC)O1. The van der Waals surface area contributed by atoms with Gasteiger partial charge in [0.05, 0.1) is 6.16 Å². The van der Waals surface area contributed by atoms with Gasteiger partial charge in [0.1, 0.15) is 0 Å². The van der Waals surface area contributed by atoms with Gasteiger partial charge in [0.2, 0.25) is 0 Å². The first kappa shape index (κ1) is 15.0. The van der Waals surface area contributed by atoms with Crippen LogP contribution < -0.4 is 0 Å². The van der Waals surface area contributed by atoms with Crippen LogP contribution in [-0.2, 0) is 17.5 Å². The summed E-state index contributed by atoms with van der Waals surface area (Å²) in [7, 11) is -4.82. The minimum absolute atomic E-state index is 0.515. The Morgan fingerprint density at radius 2 is 1.44 bits per heavy atom. The van der Waals surface area contributed by atoms with Crippen LogP contribution in [0.1, 0.15) is 40.0 Å². The maximum Gasteiger partial charge on any atom is 0.340 e. The van der Waals surface area contributed by atoms with E-state index in [4.69, 9.17) is 12.9 Å². The van der Waals surface area contributed by atoms with Crippen LogP contribution in [-0.4, -0.2) is 18.5 Å². The summed E-state index contributed by atoms with van der Waals surface area (Å²) in [5.74, 6) is 0. The van der Waals surface area contributed by atoms with Crippen LogP contribution in [0.3, 0.4) is 0 Å². The quantitative estimate of drug-likeness (QED) is 0.637. The van der Waals surface area contributed by atoms with E-state index in [1.54, 1.807) is 0 Å². The fourth-order valence-electron chi connectivity index (χ4n) is 1.31. The molecule has 1 aliphatic heterocycles. The van der Waals surface area contributed by atoms with Crippen LogP contribution in [0.2, 0.25) is 0 Å². The summed E-state index contributed by atoms with van der Waals surface area (Å²) >= 11 is 0. The molecule has 0 spiro atoms. The maximum atomic E-state index is 12.3. The lowest BCUT2D eigenvalue weighted by molar-refractivity contribution is 0.348. The van der Waals surface area contributed by atoms with Gasteiger partial charge in [-0.2, -0.15) is 0 Å². The van der Waals surface area contributed by atoms with Crippen molar-refractivity contribution in [2.75, 3.05) is 18.5 Å². The summed E-state index contributed by atoms with van der Waals surface area (Å²) in [6.07, 6.45) is 5.04. The monoisotopic (exact) mass is 286 g/mol. The number of rotatable bonds is 6. The molecule has 1 saturated heterocycles. The van der Waals surface area contributed by atoms with Crippen molar-refractivity contribution in [3.05, 3.63) is 0 Å². The summed E-state index contributed by atoms with van der Waals surface area (Å²) in [5, 5.41) is 0. The third kappa shape index (κ3) is 4.69. The Hall–Kier alpha value is 0.970. The molecule has 0 aliphatic carbocycles. The Balaban J connectivity index is 2.61. The second kappa shape index (κ2) is 7.41. The van der Waals surface area contributed by atoms with Gasteiger partial charge in [-0.3, -0.25) is 17.5 Å². The first-order valence-electron chi connectivity index (χ1n) is 5.85. The minimum atomic E-state index is -2.85. The van der Waals surface area contributed by atoms with Gasteiger partial charge in [-0.15, -0.1) is 0 Å². The van der Waals surface area contributed by atoms with E-state index in [2.05, 4.69) is 13.8 Å². The zero-order chi connectivity index (χ0) is 12.0. The van der Waals surface area contributed by atoms with Gasteiger partial charge in [0, 0.05) is 12.3 Å². The second-order valence-corrected chi connectivity index (χ2v) is 9.55. The topological polar surface area (TPSA) is 44.8 Å². The molecule has 0 aromatic carbocycles. The zero-order valence-corrected chi connectivity index (χ0v) is 12.9. The van der Waals surface area contributed by atoms with Crippen LogP contribution in [0.5, 0.6) is 0 Å². The van der Waals surface area contributed by atoms with Crippen LogP contribution in [0.4, 0.5) is 0 Å². The van der Waals surface area contributed by atoms with Gasteiger partial charge in [0.25, 0.3) is 0 Å². The van der Waals surface area contributed by atoms with Gasteiger partial charge in [-0.25, -0.2) is 0 Å². The molecule has 0 aromatic rings. The zero-order valence-electron chi connectivity index (χ0n) is 10.2. The molecule has 0 aromatic heterocycles. The average molecular weight is 286 g/mol.